The summed E-state index contributed by atoms with van der Waals surface area (Å²) in [5.41, 5.74) is 1.06. The number of rotatable bonds is 11. The van der Waals surface area contributed by atoms with Crippen molar-refractivity contribution in [3.8, 4) is 5.75 Å². The van der Waals surface area contributed by atoms with Crippen molar-refractivity contribution < 1.29 is 14.6 Å². The number of ether oxygens (including phenoxy) is 1. The van der Waals surface area contributed by atoms with Gasteiger partial charge in [0.2, 0.25) is 0 Å². The Bertz CT molecular complexity index is 403. The van der Waals surface area contributed by atoms with Gasteiger partial charge in [-0.1, -0.05) is 32.6 Å². The Kier molecular flexibility index (Phi) is 8.32. The summed E-state index contributed by atoms with van der Waals surface area (Å²) >= 11 is 0. The molecule has 0 spiro atoms. The lowest BCUT2D eigenvalue weighted by atomic mass is 10.1. The summed E-state index contributed by atoms with van der Waals surface area (Å²) in [7, 11) is 1.64. The number of anilines is 1. The number of carboxylic acids is 1. The molecule has 4 nitrogen and oxygen atoms in total. The minimum atomic E-state index is -0.750. The molecule has 21 heavy (non-hydrogen) atoms. The highest BCUT2D eigenvalue weighted by molar-refractivity contribution is 5.67. The van der Waals surface area contributed by atoms with Crippen molar-refractivity contribution in [1.29, 1.82) is 0 Å². The Hall–Kier alpha value is -1.71. The van der Waals surface area contributed by atoms with E-state index in [4.69, 9.17) is 9.84 Å². The monoisotopic (exact) mass is 293 g/mol. The molecule has 1 rings (SSSR count). The van der Waals surface area contributed by atoms with Crippen molar-refractivity contribution >= 4 is 11.7 Å². The number of benzene rings is 1. The lowest BCUT2D eigenvalue weighted by Crippen LogP contribution is -2.27. The molecule has 0 radical (unpaired) electrons. The lowest BCUT2D eigenvalue weighted by Gasteiger charge is -2.24. The maximum absolute atomic E-state index is 10.8. The van der Waals surface area contributed by atoms with Crippen LogP contribution in [0.1, 0.15) is 45.4 Å². The molecule has 0 saturated heterocycles. The number of methoxy groups -OCH3 is 1. The summed E-state index contributed by atoms with van der Waals surface area (Å²) in [5, 5.41) is 8.89. The predicted molar refractivity (Wildman–Crippen MR) is 86.2 cm³/mol. The van der Waals surface area contributed by atoms with Crippen LogP contribution >= 0.6 is 0 Å². The van der Waals surface area contributed by atoms with Crippen LogP contribution in [0.2, 0.25) is 0 Å². The SMILES string of the molecule is CCCCCCCN(CCC(=O)O)c1ccc(OC)cc1. The number of carbonyl (C=O) groups is 1. The van der Waals surface area contributed by atoms with Gasteiger partial charge in [0.05, 0.1) is 13.5 Å². The Morgan fingerprint density at radius 2 is 1.76 bits per heavy atom. The zero-order chi connectivity index (χ0) is 15.5. The van der Waals surface area contributed by atoms with E-state index in [0.717, 1.165) is 24.4 Å². The molecular weight excluding hydrogens is 266 g/mol. The molecule has 0 saturated carbocycles. The van der Waals surface area contributed by atoms with Gasteiger partial charge in [0.15, 0.2) is 0 Å². The third kappa shape index (κ3) is 7.02. The van der Waals surface area contributed by atoms with Crippen molar-refractivity contribution in [2.75, 3.05) is 25.1 Å². The zero-order valence-corrected chi connectivity index (χ0v) is 13.2. The van der Waals surface area contributed by atoms with E-state index in [1.807, 2.05) is 24.3 Å². The minimum Gasteiger partial charge on any atom is -0.497 e. The molecule has 0 unspecified atom stereocenters. The molecule has 0 amide bonds. The molecular formula is C17H27NO3. The smallest absolute Gasteiger partial charge is 0.305 e. The van der Waals surface area contributed by atoms with Crippen molar-refractivity contribution in [1.82, 2.24) is 0 Å². The third-order valence-corrected chi connectivity index (χ3v) is 3.56. The van der Waals surface area contributed by atoms with Crippen LogP contribution in [0.4, 0.5) is 5.69 Å². The first kappa shape index (κ1) is 17.3. The summed E-state index contributed by atoms with van der Waals surface area (Å²) in [6.07, 6.45) is 6.24. The third-order valence-electron chi connectivity index (χ3n) is 3.56. The fraction of sp³-hybridized carbons (Fsp3) is 0.588. The van der Waals surface area contributed by atoms with Gasteiger partial charge in [0.25, 0.3) is 0 Å². The summed E-state index contributed by atoms with van der Waals surface area (Å²) in [6.45, 7) is 3.66. The van der Waals surface area contributed by atoms with Gasteiger partial charge >= 0.3 is 5.97 Å². The lowest BCUT2D eigenvalue weighted by molar-refractivity contribution is -0.136. The van der Waals surface area contributed by atoms with Crippen LogP contribution in [0.25, 0.3) is 0 Å². The molecule has 118 valence electrons. The molecule has 1 aromatic rings. The molecule has 0 aliphatic carbocycles. The van der Waals surface area contributed by atoms with Gasteiger partial charge in [-0.15, -0.1) is 0 Å². The molecule has 0 fully saturated rings. The Morgan fingerprint density at radius 3 is 2.33 bits per heavy atom. The van der Waals surface area contributed by atoms with Gasteiger partial charge in [-0.3, -0.25) is 4.79 Å². The number of hydrogen-bond donors (Lipinski definition) is 1. The van der Waals surface area contributed by atoms with Gasteiger partial charge in [0, 0.05) is 18.8 Å². The highest BCUT2D eigenvalue weighted by Crippen LogP contribution is 2.20. The summed E-state index contributed by atoms with van der Waals surface area (Å²) in [4.78, 5) is 13.0. The molecule has 0 aliphatic rings. The second-order valence-corrected chi connectivity index (χ2v) is 5.24. The molecule has 0 bridgehead atoms. The first-order valence-electron chi connectivity index (χ1n) is 7.78. The molecule has 0 aromatic heterocycles. The highest BCUT2D eigenvalue weighted by Gasteiger charge is 2.08. The second kappa shape index (κ2) is 10.1. The first-order chi connectivity index (χ1) is 10.2. The first-order valence-corrected chi connectivity index (χ1v) is 7.78. The Balaban J connectivity index is 2.55. The topological polar surface area (TPSA) is 49.8 Å². The largest absolute Gasteiger partial charge is 0.497 e. The fourth-order valence-corrected chi connectivity index (χ4v) is 2.30. The van der Waals surface area contributed by atoms with Crippen LogP contribution < -0.4 is 9.64 Å². The summed E-state index contributed by atoms with van der Waals surface area (Å²) in [6, 6.07) is 7.82. The van der Waals surface area contributed by atoms with Gasteiger partial charge in [-0.05, 0) is 30.7 Å². The minimum absolute atomic E-state index is 0.168. The van der Waals surface area contributed by atoms with Gasteiger partial charge in [-0.2, -0.15) is 0 Å². The van der Waals surface area contributed by atoms with Crippen LogP contribution in [-0.2, 0) is 4.79 Å². The van der Waals surface area contributed by atoms with E-state index in [9.17, 15) is 4.79 Å². The molecule has 1 aromatic carbocycles. The number of nitrogens with zero attached hydrogens (tertiary/aromatic N) is 1. The normalized spacial score (nSPS) is 10.4. The van der Waals surface area contributed by atoms with Gasteiger partial charge < -0.3 is 14.7 Å². The van der Waals surface area contributed by atoms with Crippen molar-refractivity contribution in [3.63, 3.8) is 0 Å². The van der Waals surface area contributed by atoms with E-state index in [1.165, 1.54) is 25.7 Å². The van der Waals surface area contributed by atoms with Crippen molar-refractivity contribution in [2.45, 2.75) is 45.4 Å². The zero-order valence-electron chi connectivity index (χ0n) is 13.2. The number of unbranched alkanes of at least 4 members (excludes halogenated alkanes) is 4. The van der Waals surface area contributed by atoms with E-state index in [2.05, 4.69) is 11.8 Å². The average molecular weight is 293 g/mol. The maximum atomic E-state index is 10.8. The predicted octanol–water partition coefficient (Wildman–Crippen LogP) is 3.95. The van der Waals surface area contributed by atoms with Gasteiger partial charge in [-0.25, -0.2) is 0 Å². The Morgan fingerprint density at radius 1 is 1.10 bits per heavy atom. The summed E-state index contributed by atoms with van der Waals surface area (Å²) < 4.78 is 5.16. The number of carboxylic acid groups (broad SMARTS) is 1. The van der Waals surface area contributed by atoms with E-state index < -0.39 is 5.97 Å². The average Bonchev–Trinajstić information content (AvgIpc) is 2.50. The van der Waals surface area contributed by atoms with Crippen LogP contribution in [0.5, 0.6) is 5.75 Å². The van der Waals surface area contributed by atoms with Gasteiger partial charge in [0.1, 0.15) is 5.75 Å². The maximum Gasteiger partial charge on any atom is 0.305 e. The van der Waals surface area contributed by atoms with E-state index in [0.29, 0.717) is 6.54 Å². The van der Waals surface area contributed by atoms with E-state index in [1.54, 1.807) is 7.11 Å². The molecule has 0 heterocycles. The Labute approximate surface area is 127 Å². The standard InChI is InChI=1S/C17H27NO3/c1-3-4-5-6-7-13-18(14-12-17(19)20)15-8-10-16(21-2)11-9-15/h8-11H,3-7,12-14H2,1-2H3,(H,19,20). The molecule has 0 atom stereocenters. The van der Waals surface area contributed by atoms with E-state index in [-0.39, 0.29) is 6.42 Å². The fourth-order valence-electron chi connectivity index (χ4n) is 2.30. The van der Waals surface area contributed by atoms with Crippen molar-refractivity contribution in [3.05, 3.63) is 24.3 Å². The van der Waals surface area contributed by atoms with Crippen molar-refractivity contribution in [2.24, 2.45) is 0 Å². The van der Waals surface area contributed by atoms with E-state index >= 15 is 0 Å². The second-order valence-electron chi connectivity index (χ2n) is 5.24. The van der Waals surface area contributed by atoms with Crippen LogP contribution in [0, 0.1) is 0 Å². The highest BCUT2D eigenvalue weighted by atomic mass is 16.5. The van der Waals surface area contributed by atoms with Crippen LogP contribution in [0.3, 0.4) is 0 Å². The number of hydrogen-bond acceptors (Lipinski definition) is 3. The summed E-state index contributed by atoms with van der Waals surface area (Å²) in [5.74, 6) is 0.0689. The van der Waals surface area contributed by atoms with Crippen LogP contribution in [0.15, 0.2) is 24.3 Å². The molecule has 0 aliphatic heterocycles. The molecule has 1 N–H and O–H groups in total. The van der Waals surface area contributed by atoms with Crippen LogP contribution in [-0.4, -0.2) is 31.3 Å². The molecule has 4 heteroatoms. The quantitative estimate of drug-likeness (QED) is 0.628. The number of aliphatic carboxylic acids is 1.